The van der Waals surface area contributed by atoms with Gasteiger partial charge in [0.05, 0.1) is 11.4 Å². The van der Waals surface area contributed by atoms with E-state index in [1.807, 2.05) is 0 Å². The van der Waals surface area contributed by atoms with Crippen LogP contribution < -0.4 is 15.4 Å². The molecule has 2 saturated heterocycles. The lowest BCUT2D eigenvalue weighted by Gasteiger charge is -2.40. The first-order chi connectivity index (χ1) is 12.9. The minimum atomic E-state index is -4.57. The summed E-state index contributed by atoms with van der Waals surface area (Å²) in [5.41, 5.74) is 5.42. The lowest BCUT2D eigenvalue weighted by Crippen LogP contribution is -2.50. The molecular weight excluding hydrogens is 355 g/mol. The monoisotopic (exact) mass is 377 g/mol. The molecule has 0 spiro atoms. The van der Waals surface area contributed by atoms with Gasteiger partial charge in [-0.3, -0.25) is 4.90 Å². The van der Waals surface area contributed by atoms with E-state index in [-0.39, 0.29) is 23.2 Å². The van der Waals surface area contributed by atoms with Crippen molar-refractivity contribution < 1.29 is 17.9 Å². The van der Waals surface area contributed by atoms with Gasteiger partial charge in [0.25, 0.3) is 0 Å². The fraction of sp³-hybridized carbons (Fsp3) is 0.400. The molecule has 2 aromatic carbocycles. The molecule has 0 saturated carbocycles. The second kappa shape index (κ2) is 6.96. The molecule has 0 amide bonds. The highest BCUT2D eigenvalue weighted by Crippen LogP contribution is 2.47. The number of para-hydroxylation sites is 1. The van der Waals surface area contributed by atoms with Crippen molar-refractivity contribution in [2.75, 3.05) is 36.8 Å². The van der Waals surface area contributed by atoms with Crippen LogP contribution in [-0.2, 0) is 6.18 Å². The van der Waals surface area contributed by atoms with Crippen molar-refractivity contribution >= 4 is 11.4 Å². The maximum Gasteiger partial charge on any atom is 0.422 e. The number of nitrogen functional groups attached to an aromatic ring is 1. The first-order valence-electron chi connectivity index (χ1n) is 9.15. The lowest BCUT2D eigenvalue weighted by molar-refractivity contribution is -0.138. The number of fused-ring (bicyclic) bond motifs is 1. The van der Waals surface area contributed by atoms with Crippen LogP contribution in [-0.4, -0.2) is 37.1 Å². The molecule has 7 heteroatoms. The fourth-order valence-corrected chi connectivity index (χ4v) is 4.10. The molecule has 4 rings (SSSR count). The molecule has 0 bridgehead atoms. The quantitative estimate of drug-likeness (QED) is 0.807. The van der Waals surface area contributed by atoms with Gasteiger partial charge in [-0.1, -0.05) is 18.2 Å². The van der Waals surface area contributed by atoms with Gasteiger partial charge < -0.3 is 15.4 Å². The predicted octanol–water partition coefficient (Wildman–Crippen LogP) is 4.36. The fourth-order valence-electron chi connectivity index (χ4n) is 4.10. The standard InChI is InChI=1S/C20H22F3N3O/c21-20(22,23)18-17(27-15-6-2-1-3-7-15)9-8-16(24)19(18)26-12-11-25-10-4-5-14(25)13-26/h1-3,6-9,14H,4-5,10-13,24H2/t14-/m0/s1. The van der Waals surface area contributed by atoms with Crippen LogP contribution in [0.15, 0.2) is 42.5 Å². The lowest BCUT2D eigenvalue weighted by atomic mass is 10.0. The first-order valence-corrected chi connectivity index (χ1v) is 9.15. The number of hydrogen-bond donors (Lipinski definition) is 1. The molecule has 2 heterocycles. The number of benzene rings is 2. The maximum atomic E-state index is 14.0. The number of anilines is 2. The van der Waals surface area contributed by atoms with Gasteiger partial charge in [0.1, 0.15) is 17.1 Å². The van der Waals surface area contributed by atoms with Crippen molar-refractivity contribution in [3.63, 3.8) is 0 Å². The Labute approximate surface area is 156 Å². The third kappa shape index (κ3) is 3.56. The van der Waals surface area contributed by atoms with Gasteiger partial charge in [0.15, 0.2) is 0 Å². The number of rotatable bonds is 3. The van der Waals surface area contributed by atoms with Crippen LogP contribution >= 0.6 is 0 Å². The average molecular weight is 377 g/mol. The molecule has 1 atom stereocenters. The van der Waals surface area contributed by atoms with Crippen molar-refractivity contribution in [2.45, 2.75) is 25.1 Å². The topological polar surface area (TPSA) is 41.7 Å². The van der Waals surface area contributed by atoms with Crippen molar-refractivity contribution in [3.05, 3.63) is 48.0 Å². The number of nitrogens with zero attached hydrogens (tertiary/aromatic N) is 2. The van der Waals surface area contributed by atoms with E-state index in [0.29, 0.717) is 18.8 Å². The van der Waals surface area contributed by atoms with Crippen molar-refractivity contribution in [2.24, 2.45) is 0 Å². The summed E-state index contributed by atoms with van der Waals surface area (Å²) in [6.07, 6.45) is -2.46. The molecule has 4 nitrogen and oxygen atoms in total. The maximum absolute atomic E-state index is 14.0. The van der Waals surface area contributed by atoms with Gasteiger partial charge in [0.2, 0.25) is 0 Å². The van der Waals surface area contributed by atoms with E-state index in [1.54, 1.807) is 35.2 Å². The number of nitrogens with two attached hydrogens (primary N) is 1. The summed E-state index contributed by atoms with van der Waals surface area (Å²) >= 11 is 0. The van der Waals surface area contributed by atoms with Gasteiger partial charge in [-0.05, 0) is 43.7 Å². The van der Waals surface area contributed by atoms with E-state index >= 15 is 0 Å². The van der Waals surface area contributed by atoms with Crippen LogP contribution in [0.2, 0.25) is 0 Å². The second-order valence-corrected chi connectivity index (χ2v) is 7.07. The molecular formula is C20H22F3N3O. The van der Waals surface area contributed by atoms with Gasteiger partial charge >= 0.3 is 6.18 Å². The van der Waals surface area contributed by atoms with Crippen LogP contribution in [0.1, 0.15) is 18.4 Å². The zero-order valence-corrected chi connectivity index (χ0v) is 14.9. The molecule has 2 aliphatic heterocycles. The molecule has 2 fully saturated rings. The zero-order valence-electron chi connectivity index (χ0n) is 14.9. The third-order valence-electron chi connectivity index (χ3n) is 5.33. The Morgan fingerprint density at radius 2 is 1.78 bits per heavy atom. The first kappa shape index (κ1) is 18.0. The van der Waals surface area contributed by atoms with Crippen LogP contribution in [0.5, 0.6) is 11.5 Å². The van der Waals surface area contributed by atoms with E-state index in [2.05, 4.69) is 4.90 Å². The van der Waals surface area contributed by atoms with Crippen molar-refractivity contribution in [1.82, 2.24) is 4.90 Å². The van der Waals surface area contributed by atoms with Crippen LogP contribution in [0.4, 0.5) is 24.5 Å². The summed E-state index contributed by atoms with van der Waals surface area (Å²) in [5, 5.41) is 0. The van der Waals surface area contributed by atoms with Crippen LogP contribution in [0.25, 0.3) is 0 Å². The van der Waals surface area contributed by atoms with E-state index in [4.69, 9.17) is 10.5 Å². The summed E-state index contributed by atoms with van der Waals surface area (Å²) in [5.74, 6) is 0.145. The van der Waals surface area contributed by atoms with E-state index < -0.39 is 11.7 Å². The Hall–Kier alpha value is -2.41. The van der Waals surface area contributed by atoms with Gasteiger partial charge in [-0.15, -0.1) is 0 Å². The molecule has 144 valence electrons. The highest BCUT2D eigenvalue weighted by Gasteiger charge is 2.42. The Balaban J connectivity index is 1.74. The third-order valence-corrected chi connectivity index (χ3v) is 5.33. The van der Waals surface area contributed by atoms with Gasteiger partial charge in [-0.25, -0.2) is 0 Å². The molecule has 2 aliphatic rings. The van der Waals surface area contributed by atoms with Crippen LogP contribution in [0, 0.1) is 0 Å². The van der Waals surface area contributed by atoms with Gasteiger partial charge in [0, 0.05) is 25.7 Å². The summed E-state index contributed by atoms with van der Waals surface area (Å²) < 4.78 is 47.7. The molecule has 0 radical (unpaired) electrons. The molecule has 2 aromatic rings. The highest BCUT2D eigenvalue weighted by molar-refractivity contribution is 5.76. The Kier molecular flexibility index (Phi) is 4.63. The molecule has 0 unspecified atom stereocenters. The summed E-state index contributed by atoms with van der Waals surface area (Å²) in [6, 6.07) is 11.6. The van der Waals surface area contributed by atoms with Gasteiger partial charge in [-0.2, -0.15) is 13.2 Å². The number of ether oxygens (including phenoxy) is 1. The summed E-state index contributed by atoms with van der Waals surface area (Å²) in [4.78, 5) is 4.13. The predicted molar refractivity (Wildman–Crippen MR) is 99.2 cm³/mol. The van der Waals surface area contributed by atoms with Crippen LogP contribution in [0.3, 0.4) is 0 Å². The SMILES string of the molecule is Nc1ccc(Oc2ccccc2)c(C(F)(F)F)c1N1CCN2CCC[C@H]2C1. The Morgan fingerprint density at radius 1 is 1.00 bits per heavy atom. The second-order valence-electron chi connectivity index (χ2n) is 7.07. The number of hydrogen-bond acceptors (Lipinski definition) is 4. The molecule has 0 aliphatic carbocycles. The van der Waals surface area contributed by atoms with Crippen molar-refractivity contribution in [3.8, 4) is 11.5 Å². The highest BCUT2D eigenvalue weighted by atomic mass is 19.4. The molecule has 2 N–H and O–H groups in total. The summed E-state index contributed by atoms with van der Waals surface area (Å²) in [7, 11) is 0. The summed E-state index contributed by atoms with van der Waals surface area (Å²) in [6.45, 7) is 2.86. The number of alkyl halides is 3. The Bertz CT molecular complexity index is 810. The van der Waals surface area contributed by atoms with E-state index in [0.717, 1.165) is 25.9 Å². The average Bonchev–Trinajstić information content (AvgIpc) is 3.10. The largest absolute Gasteiger partial charge is 0.457 e. The smallest absolute Gasteiger partial charge is 0.422 e. The van der Waals surface area contributed by atoms with E-state index in [9.17, 15) is 13.2 Å². The Morgan fingerprint density at radius 3 is 2.52 bits per heavy atom. The zero-order chi connectivity index (χ0) is 19.0. The number of halogens is 3. The minimum absolute atomic E-state index is 0.0440. The van der Waals surface area contributed by atoms with E-state index in [1.165, 1.54) is 12.1 Å². The minimum Gasteiger partial charge on any atom is -0.457 e. The normalized spacial score (nSPS) is 20.6. The molecule has 27 heavy (non-hydrogen) atoms. The number of piperazine rings is 1. The molecule has 0 aromatic heterocycles. The van der Waals surface area contributed by atoms with Crippen molar-refractivity contribution in [1.29, 1.82) is 0 Å².